The summed E-state index contributed by atoms with van der Waals surface area (Å²) in [6.45, 7) is 0.421. The summed E-state index contributed by atoms with van der Waals surface area (Å²) in [4.78, 5) is 29.9. The maximum absolute atomic E-state index is 11.9. The lowest BCUT2D eigenvalue weighted by Gasteiger charge is -2.16. The molecule has 20 heavy (non-hydrogen) atoms. The molecule has 1 aliphatic heterocycles. The van der Waals surface area contributed by atoms with E-state index in [1.807, 2.05) is 0 Å². The monoisotopic (exact) mass is 296 g/mol. The van der Waals surface area contributed by atoms with E-state index in [1.165, 1.54) is 11.0 Å². The Kier molecular flexibility index (Phi) is 4.02. The molecule has 0 radical (unpaired) electrons. The standard InChI is InChI=1S/C10H9ClN6O3/c11-9-2-7(8(4-13-9)17(19)20)16-5-6(1-10(16)18)3-14-15-12/h2,4,6H,1,3,5H2. The van der Waals surface area contributed by atoms with Crippen LogP contribution in [0, 0.1) is 16.0 Å². The van der Waals surface area contributed by atoms with Crippen molar-refractivity contribution in [3.63, 3.8) is 0 Å². The summed E-state index contributed by atoms with van der Waals surface area (Å²) in [6.07, 6.45) is 1.20. The van der Waals surface area contributed by atoms with Crippen molar-refractivity contribution in [1.82, 2.24) is 4.98 Å². The summed E-state index contributed by atoms with van der Waals surface area (Å²) < 4.78 is 0. The summed E-state index contributed by atoms with van der Waals surface area (Å²) >= 11 is 5.73. The van der Waals surface area contributed by atoms with Crippen molar-refractivity contribution in [2.24, 2.45) is 11.0 Å². The average molecular weight is 297 g/mol. The van der Waals surface area contributed by atoms with E-state index in [0.717, 1.165) is 6.20 Å². The largest absolute Gasteiger partial charge is 0.311 e. The lowest BCUT2D eigenvalue weighted by molar-refractivity contribution is -0.384. The third-order valence-electron chi connectivity index (χ3n) is 2.92. The smallest absolute Gasteiger partial charge is 0.306 e. The van der Waals surface area contributed by atoms with Gasteiger partial charge in [-0.1, -0.05) is 16.7 Å². The van der Waals surface area contributed by atoms with Gasteiger partial charge in [-0.15, -0.1) is 0 Å². The van der Waals surface area contributed by atoms with Gasteiger partial charge in [-0.05, 0) is 11.4 Å². The molecule has 1 saturated heterocycles. The number of carbonyl (C=O) groups excluding carboxylic acids is 1. The van der Waals surface area contributed by atoms with E-state index in [2.05, 4.69) is 15.0 Å². The second kappa shape index (κ2) is 5.72. The minimum Gasteiger partial charge on any atom is -0.306 e. The number of amides is 1. The van der Waals surface area contributed by atoms with Crippen molar-refractivity contribution in [2.75, 3.05) is 18.0 Å². The number of rotatable bonds is 4. The summed E-state index contributed by atoms with van der Waals surface area (Å²) in [5.41, 5.74) is 8.10. The van der Waals surface area contributed by atoms with Gasteiger partial charge in [-0.25, -0.2) is 4.98 Å². The Hall–Kier alpha value is -2.38. The first-order chi connectivity index (χ1) is 9.52. The molecule has 1 aromatic rings. The fourth-order valence-corrected chi connectivity index (χ4v) is 2.21. The van der Waals surface area contributed by atoms with Gasteiger partial charge in [0.1, 0.15) is 17.0 Å². The molecule has 0 saturated carbocycles. The molecule has 2 heterocycles. The molecular weight excluding hydrogens is 288 g/mol. The predicted octanol–water partition coefficient (Wildman–Crippen LogP) is 2.31. The minimum atomic E-state index is -0.618. The third kappa shape index (κ3) is 2.79. The maximum Gasteiger partial charge on any atom is 0.311 e. The number of anilines is 1. The Morgan fingerprint density at radius 1 is 1.70 bits per heavy atom. The second-order valence-electron chi connectivity index (χ2n) is 4.24. The van der Waals surface area contributed by atoms with E-state index in [-0.39, 0.29) is 47.9 Å². The van der Waals surface area contributed by atoms with Crippen LogP contribution in [0.2, 0.25) is 5.15 Å². The first-order valence-electron chi connectivity index (χ1n) is 5.64. The van der Waals surface area contributed by atoms with Gasteiger partial charge in [-0.2, -0.15) is 0 Å². The van der Waals surface area contributed by atoms with Crippen LogP contribution in [-0.2, 0) is 4.79 Å². The van der Waals surface area contributed by atoms with Crippen LogP contribution in [0.15, 0.2) is 17.4 Å². The highest BCUT2D eigenvalue weighted by molar-refractivity contribution is 6.29. The Balaban J connectivity index is 2.32. The molecule has 2 rings (SSSR count). The zero-order valence-electron chi connectivity index (χ0n) is 10.1. The lowest BCUT2D eigenvalue weighted by Crippen LogP contribution is -2.25. The van der Waals surface area contributed by atoms with Crippen molar-refractivity contribution in [2.45, 2.75) is 6.42 Å². The molecule has 1 aliphatic rings. The number of azide groups is 1. The molecule has 1 aromatic heterocycles. The zero-order valence-corrected chi connectivity index (χ0v) is 10.9. The van der Waals surface area contributed by atoms with Crippen LogP contribution in [-0.4, -0.2) is 28.9 Å². The number of nitrogens with zero attached hydrogens (tertiary/aromatic N) is 6. The summed E-state index contributed by atoms with van der Waals surface area (Å²) in [5.74, 6) is -0.432. The Morgan fingerprint density at radius 2 is 2.45 bits per heavy atom. The van der Waals surface area contributed by atoms with Gasteiger partial charge in [0.25, 0.3) is 0 Å². The number of nitro groups is 1. The van der Waals surface area contributed by atoms with Crippen molar-refractivity contribution in [1.29, 1.82) is 0 Å². The van der Waals surface area contributed by atoms with Crippen molar-refractivity contribution < 1.29 is 9.72 Å². The van der Waals surface area contributed by atoms with E-state index >= 15 is 0 Å². The predicted molar refractivity (Wildman–Crippen MR) is 70.4 cm³/mol. The zero-order chi connectivity index (χ0) is 14.7. The summed E-state index contributed by atoms with van der Waals surface area (Å²) in [7, 11) is 0. The van der Waals surface area contributed by atoms with E-state index in [1.54, 1.807) is 0 Å². The molecule has 104 valence electrons. The highest BCUT2D eigenvalue weighted by Gasteiger charge is 2.34. The SMILES string of the molecule is [N-]=[N+]=NCC1CC(=O)N(c2cc(Cl)ncc2[N+](=O)[O-])C1. The van der Waals surface area contributed by atoms with Crippen LogP contribution in [0.25, 0.3) is 10.4 Å². The van der Waals surface area contributed by atoms with Gasteiger partial charge in [0.15, 0.2) is 0 Å². The molecule has 1 atom stereocenters. The Labute approximate surface area is 117 Å². The van der Waals surface area contributed by atoms with E-state index in [0.29, 0.717) is 0 Å². The molecule has 1 amide bonds. The number of hydrogen-bond donors (Lipinski definition) is 0. The highest BCUT2D eigenvalue weighted by Crippen LogP contribution is 2.33. The van der Waals surface area contributed by atoms with Crippen LogP contribution in [0.1, 0.15) is 6.42 Å². The van der Waals surface area contributed by atoms with Crippen LogP contribution in [0.5, 0.6) is 0 Å². The van der Waals surface area contributed by atoms with Crippen molar-refractivity contribution >= 4 is 28.9 Å². The Bertz CT molecular complexity index is 615. The fraction of sp³-hybridized carbons (Fsp3) is 0.400. The molecule has 1 fully saturated rings. The number of hydrogen-bond acceptors (Lipinski definition) is 5. The van der Waals surface area contributed by atoms with Gasteiger partial charge in [0.2, 0.25) is 5.91 Å². The maximum atomic E-state index is 11.9. The first-order valence-corrected chi connectivity index (χ1v) is 6.02. The van der Waals surface area contributed by atoms with Gasteiger partial charge in [0.05, 0.1) is 4.92 Å². The van der Waals surface area contributed by atoms with Crippen LogP contribution in [0.4, 0.5) is 11.4 Å². The highest BCUT2D eigenvalue weighted by atomic mass is 35.5. The lowest BCUT2D eigenvalue weighted by atomic mass is 10.1. The quantitative estimate of drug-likeness (QED) is 0.211. The van der Waals surface area contributed by atoms with Gasteiger partial charge >= 0.3 is 5.69 Å². The van der Waals surface area contributed by atoms with Gasteiger partial charge < -0.3 is 4.90 Å². The van der Waals surface area contributed by atoms with E-state index in [9.17, 15) is 14.9 Å². The Morgan fingerprint density at radius 3 is 3.10 bits per heavy atom. The molecular formula is C10H9ClN6O3. The van der Waals surface area contributed by atoms with Crippen LogP contribution in [0.3, 0.4) is 0 Å². The van der Waals surface area contributed by atoms with Crippen molar-refractivity contribution in [3.8, 4) is 0 Å². The molecule has 9 nitrogen and oxygen atoms in total. The minimum absolute atomic E-state index is 0.0666. The van der Waals surface area contributed by atoms with Gasteiger partial charge in [0, 0.05) is 30.5 Å². The second-order valence-corrected chi connectivity index (χ2v) is 4.63. The normalized spacial score (nSPS) is 17.9. The first kappa shape index (κ1) is 14.0. The van der Waals surface area contributed by atoms with E-state index < -0.39 is 4.92 Å². The molecule has 0 aliphatic carbocycles. The third-order valence-corrected chi connectivity index (χ3v) is 3.13. The molecule has 0 N–H and O–H groups in total. The summed E-state index contributed by atoms with van der Waals surface area (Å²) in [5, 5.41) is 14.5. The number of carbonyl (C=O) groups is 1. The van der Waals surface area contributed by atoms with Crippen LogP contribution >= 0.6 is 11.6 Å². The summed E-state index contributed by atoms with van der Waals surface area (Å²) in [6, 6.07) is 1.29. The van der Waals surface area contributed by atoms with E-state index in [4.69, 9.17) is 17.1 Å². The fourth-order valence-electron chi connectivity index (χ4n) is 2.06. The molecule has 0 spiro atoms. The number of pyridine rings is 1. The molecule has 10 heteroatoms. The average Bonchev–Trinajstić information content (AvgIpc) is 2.77. The molecule has 0 bridgehead atoms. The van der Waals surface area contributed by atoms with Crippen molar-refractivity contribution in [3.05, 3.63) is 38.0 Å². The van der Waals surface area contributed by atoms with Gasteiger partial charge in [-0.3, -0.25) is 14.9 Å². The number of aromatic nitrogens is 1. The van der Waals surface area contributed by atoms with Crippen LogP contribution < -0.4 is 4.90 Å². The molecule has 0 aromatic carbocycles. The molecule has 1 unspecified atom stereocenters. The topological polar surface area (TPSA) is 125 Å². The number of halogens is 1.